The standard InChI is InChI=1S/C24H28N6O3/c1-31-18-11-16(12-19(32-2)21(18)33-3)13-25-24-26-22-20-17(28-29-22)9-10-30(23(20)27-24)14-15-7-5-4-6-8-15/h4-8,11-12,24-25H,9-10,13-14H2,1-3H3,(H2,26,28,29). The van der Waals surface area contributed by atoms with Crippen LogP contribution in [-0.2, 0) is 19.5 Å². The molecule has 3 aromatic rings. The van der Waals surface area contributed by atoms with Gasteiger partial charge in [0.2, 0.25) is 5.75 Å². The number of rotatable bonds is 8. The Labute approximate surface area is 192 Å². The molecule has 172 valence electrons. The predicted molar refractivity (Wildman–Crippen MR) is 126 cm³/mol. The third kappa shape index (κ3) is 4.07. The fourth-order valence-corrected chi connectivity index (χ4v) is 4.35. The van der Waals surface area contributed by atoms with Crippen molar-refractivity contribution in [1.29, 1.82) is 0 Å². The molecular formula is C24H28N6O3. The minimum absolute atomic E-state index is 0.320. The Morgan fingerprint density at radius 1 is 1.03 bits per heavy atom. The molecule has 0 bridgehead atoms. The zero-order valence-corrected chi connectivity index (χ0v) is 19.0. The van der Waals surface area contributed by atoms with E-state index in [-0.39, 0.29) is 6.29 Å². The lowest BCUT2D eigenvalue weighted by atomic mass is 10.0. The molecule has 2 aromatic carbocycles. The van der Waals surface area contributed by atoms with Gasteiger partial charge in [-0.05, 0) is 23.3 Å². The van der Waals surface area contributed by atoms with Gasteiger partial charge in [-0.15, -0.1) is 0 Å². The Balaban J connectivity index is 1.37. The first-order chi connectivity index (χ1) is 16.2. The molecule has 0 fully saturated rings. The molecule has 3 N–H and O–H groups in total. The number of amidine groups is 1. The maximum absolute atomic E-state index is 5.48. The smallest absolute Gasteiger partial charge is 0.203 e. The van der Waals surface area contributed by atoms with Crippen molar-refractivity contribution >= 4 is 11.7 Å². The van der Waals surface area contributed by atoms with E-state index in [9.17, 15) is 0 Å². The highest BCUT2D eigenvalue weighted by Gasteiger charge is 2.32. The number of aliphatic imine (C=N–C) groups is 1. The maximum Gasteiger partial charge on any atom is 0.203 e. The van der Waals surface area contributed by atoms with Crippen molar-refractivity contribution in [3.63, 3.8) is 0 Å². The minimum atomic E-state index is -0.320. The predicted octanol–water partition coefficient (Wildman–Crippen LogP) is 2.74. The molecule has 3 heterocycles. The van der Waals surface area contributed by atoms with Gasteiger partial charge < -0.3 is 24.4 Å². The highest BCUT2D eigenvalue weighted by Crippen LogP contribution is 2.38. The largest absolute Gasteiger partial charge is 0.493 e. The van der Waals surface area contributed by atoms with Gasteiger partial charge in [0.05, 0.1) is 32.6 Å². The first kappa shape index (κ1) is 21.1. The van der Waals surface area contributed by atoms with E-state index < -0.39 is 0 Å². The molecule has 0 saturated carbocycles. The van der Waals surface area contributed by atoms with Gasteiger partial charge in [0, 0.05) is 26.1 Å². The summed E-state index contributed by atoms with van der Waals surface area (Å²) in [7, 11) is 4.83. The van der Waals surface area contributed by atoms with Crippen LogP contribution in [0.2, 0.25) is 0 Å². The van der Waals surface area contributed by atoms with Crippen molar-refractivity contribution < 1.29 is 14.2 Å². The Bertz CT molecular complexity index is 1140. The molecule has 1 unspecified atom stereocenters. The van der Waals surface area contributed by atoms with Crippen molar-refractivity contribution in [1.82, 2.24) is 20.4 Å². The van der Waals surface area contributed by atoms with Crippen LogP contribution < -0.4 is 24.8 Å². The second-order valence-electron chi connectivity index (χ2n) is 8.00. The van der Waals surface area contributed by atoms with Crippen LogP contribution in [0.5, 0.6) is 17.2 Å². The summed E-state index contributed by atoms with van der Waals surface area (Å²) in [5.74, 6) is 3.61. The van der Waals surface area contributed by atoms with Crippen LogP contribution in [0.4, 0.5) is 5.82 Å². The van der Waals surface area contributed by atoms with Crippen molar-refractivity contribution in [2.24, 2.45) is 4.99 Å². The molecule has 0 amide bonds. The van der Waals surface area contributed by atoms with E-state index in [4.69, 9.17) is 19.2 Å². The monoisotopic (exact) mass is 448 g/mol. The molecule has 2 aliphatic rings. The van der Waals surface area contributed by atoms with Gasteiger partial charge >= 0.3 is 0 Å². The summed E-state index contributed by atoms with van der Waals surface area (Å²) in [6.45, 7) is 2.25. The van der Waals surface area contributed by atoms with E-state index in [2.05, 4.69) is 50.0 Å². The number of aromatic nitrogens is 2. The normalized spacial score (nSPS) is 16.5. The average Bonchev–Trinajstić information content (AvgIpc) is 3.28. The third-order valence-electron chi connectivity index (χ3n) is 5.96. The van der Waals surface area contributed by atoms with Crippen LogP contribution in [0.25, 0.3) is 0 Å². The molecular weight excluding hydrogens is 420 g/mol. The number of H-pyrrole nitrogens is 1. The van der Waals surface area contributed by atoms with Crippen LogP contribution in [0.1, 0.15) is 22.4 Å². The molecule has 5 rings (SSSR count). The highest BCUT2D eigenvalue weighted by molar-refractivity contribution is 6.06. The van der Waals surface area contributed by atoms with Crippen LogP contribution in [0.3, 0.4) is 0 Å². The summed E-state index contributed by atoms with van der Waals surface area (Å²) in [5, 5.41) is 14.5. The Hall–Kier alpha value is -3.72. The van der Waals surface area contributed by atoms with Crippen molar-refractivity contribution in [2.45, 2.75) is 25.8 Å². The van der Waals surface area contributed by atoms with Gasteiger partial charge in [-0.1, -0.05) is 30.3 Å². The number of methoxy groups -OCH3 is 3. The van der Waals surface area contributed by atoms with E-state index in [1.807, 2.05) is 18.2 Å². The number of anilines is 1. The molecule has 33 heavy (non-hydrogen) atoms. The van der Waals surface area contributed by atoms with E-state index in [1.165, 1.54) is 5.56 Å². The number of benzene rings is 2. The summed E-state index contributed by atoms with van der Waals surface area (Å²) in [4.78, 5) is 7.34. The lowest BCUT2D eigenvalue weighted by molar-refractivity contribution is 0.323. The molecule has 0 saturated heterocycles. The van der Waals surface area contributed by atoms with Crippen LogP contribution in [0.15, 0.2) is 47.5 Å². The number of ether oxygens (including phenoxy) is 3. The van der Waals surface area contributed by atoms with E-state index in [0.717, 1.165) is 48.0 Å². The van der Waals surface area contributed by atoms with Gasteiger partial charge in [0.15, 0.2) is 23.6 Å². The SMILES string of the molecule is COc1cc(CNC2N=C3c4c(n[nH]c4CCN3Cc3ccccc3)N2)cc(OC)c1OC. The fourth-order valence-electron chi connectivity index (χ4n) is 4.35. The van der Waals surface area contributed by atoms with Crippen LogP contribution in [-0.4, -0.2) is 55.1 Å². The number of nitrogens with zero attached hydrogens (tertiary/aromatic N) is 3. The van der Waals surface area contributed by atoms with E-state index in [0.29, 0.717) is 23.8 Å². The second kappa shape index (κ2) is 9.03. The topological polar surface area (TPSA) is 96.0 Å². The minimum Gasteiger partial charge on any atom is -0.493 e. The summed E-state index contributed by atoms with van der Waals surface area (Å²) in [6.07, 6.45) is 0.596. The van der Waals surface area contributed by atoms with Crippen molar-refractivity contribution in [3.05, 3.63) is 64.8 Å². The number of aromatic amines is 1. The lowest BCUT2D eigenvalue weighted by Gasteiger charge is -2.34. The summed E-state index contributed by atoms with van der Waals surface area (Å²) >= 11 is 0. The first-order valence-corrected chi connectivity index (χ1v) is 10.9. The Morgan fingerprint density at radius 3 is 2.48 bits per heavy atom. The van der Waals surface area contributed by atoms with Gasteiger partial charge in [-0.2, -0.15) is 5.10 Å². The summed E-state index contributed by atoms with van der Waals surface area (Å²) in [6, 6.07) is 14.3. The average molecular weight is 449 g/mol. The molecule has 1 atom stereocenters. The number of hydrogen-bond donors (Lipinski definition) is 3. The molecule has 1 aromatic heterocycles. The Kier molecular flexibility index (Phi) is 5.78. The van der Waals surface area contributed by atoms with Crippen LogP contribution >= 0.6 is 0 Å². The first-order valence-electron chi connectivity index (χ1n) is 10.9. The number of hydrogen-bond acceptors (Lipinski definition) is 8. The molecule has 0 aliphatic carbocycles. The lowest BCUT2D eigenvalue weighted by Crippen LogP contribution is -2.45. The van der Waals surface area contributed by atoms with E-state index >= 15 is 0 Å². The Morgan fingerprint density at radius 2 is 1.79 bits per heavy atom. The molecule has 9 nitrogen and oxygen atoms in total. The maximum atomic E-state index is 5.48. The molecule has 9 heteroatoms. The van der Waals surface area contributed by atoms with Gasteiger partial charge in [-0.3, -0.25) is 10.4 Å². The highest BCUT2D eigenvalue weighted by atomic mass is 16.5. The summed E-state index contributed by atoms with van der Waals surface area (Å²) in [5.41, 5.74) is 4.45. The molecule has 2 aliphatic heterocycles. The zero-order chi connectivity index (χ0) is 22.8. The van der Waals surface area contributed by atoms with E-state index in [1.54, 1.807) is 21.3 Å². The molecule has 0 spiro atoms. The van der Waals surface area contributed by atoms with Gasteiger partial charge in [-0.25, -0.2) is 4.99 Å². The molecule has 0 radical (unpaired) electrons. The summed E-state index contributed by atoms with van der Waals surface area (Å²) < 4.78 is 16.4. The quantitative estimate of drug-likeness (QED) is 0.488. The van der Waals surface area contributed by atoms with Gasteiger partial charge in [0.1, 0.15) is 5.84 Å². The van der Waals surface area contributed by atoms with Gasteiger partial charge in [0.25, 0.3) is 0 Å². The van der Waals surface area contributed by atoms with Crippen molar-refractivity contribution in [3.8, 4) is 17.2 Å². The second-order valence-corrected chi connectivity index (χ2v) is 8.00. The zero-order valence-electron chi connectivity index (χ0n) is 19.0. The number of nitrogens with one attached hydrogen (secondary N) is 3. The third-order valence-corrected chi connectivity index (χ3v) is 5.96. The fraction of sp³-hybridized carbons (Fsp3) is 0.333. The van der Waals surface area contributed by atoms with Crippen LogP contribution in [0, 0.1) is 0 Å². The van der Waals surface area contributed by atoms with Crippen molar-refractivity contribution in [2.75, 3.05) is 33.2 Å².